The number of fused-ring (bicyclic) bond motifs is 1. The average molecular weight is 494 g/mol. The van der Waals surface area contributed by atoms with Gasteiger partial charge in [0.15, 0.2) is 0 Å². The van der Waals surface area contributed by atoms with Crippen LogP contribution in [0.1, 0.15) is 17.4 Å². The average Bonchev–Trinajstić information content (AvgIpc) is 3.52. The number of benzene rings is 2. The lowest BCUT2D eigenvalue weighted by molar-refractivity contribution is -0.132. The Balaban J connectivity index is 1.70. The summed E-state index contributed by atoms with van der Waals surface area (Å²) >= 11 is 3.38. The number of aromatic amines is 1. The van der Waals surface area contributed by atoms with Gasteiger partial charge >= 0.3 is 5.91 Å². The molecule has 0 bridgehead atoms. The van der Waals surface area contributed by atoms with Gasteiger partial charge in [0.25, 0.3) is 5.78 Å². The minimum absolute atomic E-state index is 0.0949. The summed E-state index contributed by atoms with van der Waals surface area (Å²) in [7, 11) is 1.52. The van der Waals surface area contributed by atoms with Crippen molar-refractivity contribution in [1.82, 2.24) is 9.97 Å². The maximum atomic E-state index is 13.1. The largest absolute Gasteiger partial charge is 0.507 e. The SMILES string of the molecule is COc1ccc(/C(O)=C2\C(=O)C(=O)N(c3nc4ccccc4[nH]3)C2c2ccco2)cc1Br. The number of furan rings is 1. The number of aromatic nitrogens is 2. The number of methoxy groups -OCH3 is 1. The zero-order chi connectivity index (χ0) is 22.4. The Bertz CT molecular complexity index is 1360. The molecule has 1 unspecified atom stereocenters. The van der Waals surface area contributed by atoms with Crippen LogP contribution in [0.3, 0.4) is 0 Å². The van der Waals surface area contributed by atoms with Crippen LogP contribution in [0.4, 0.5) is 5.95 Å². The Morgan fingerprint density at radius 2 is 2.00 bits per heavy atom. The second kappa shape index (κ2) is 7.69. The third-order valence-electron chi connectivity index (χ3n) is 5.29. The van der Waals surface area contributed by atoms with E-state index in [1.165, 1.54) is 18.3 Å². The number of nitrogens with zero attached hydrogens (tertiary/aromatic N) is 2. The molecule has 1 aliphatic rings. The lowest BCUT2D eigenvalue weighted by atomic mass is 9.99. The van der Waals surface area contributed by atoms with Crippen LogP contribution < -0.4 is 9.64 Å². The fourth-order valence-corrected chi connectivity index (χ4v) is 4.33. The molecule has 0 spiro atoms. The Morgan fingerprint density at radius 1 is 1.19 bits per heavy atom. The number of hydrogen-bond acceptors (Lipinski definition) is 6. The molecule has 1 fully saturated rings. The number of imidazole rings is 1. The van der Waals surface area contributed by atoms with E-state index in [-0.39, 0.29) is 17.3 Å². The Morgan fingerprint density at radius 3 is 2.69 bits per heavy atom. The van der Waals surface area contributed by atoms with E-state index in [1.54, 1.807) is 36.4 Å². The summed E-state index contributed by atoms with van der Waals surface area (Å²) in [6, 6.07) is 14.4. The molecule has 0 radical (unpaired) electrons. The number of aliphatic hydroxyl groups excluding tert-OH is 1. The number of nitrogens with one attached hydrogen (secondary N) is 1. The highest BCUT2D eigenvalue weighted by Gasteiger charge is 2.49. The summed E-state index contributed by atoms with van der Waals surface area (Å²) in [5.41, 5.74) is 1.60. The van der Waals surface area contributed by atoms with Gasteiger partial charge < -0.3 is 19.2 Å². The van der Waals surface area contributed by atoms with Crippen molar-refractivity contribution in [3.05, 3.63) is 82.2 Å². The maximum absolute atomic E-state index is 13.1. The molecule has 2 aromatic heterocycles. The first-order valence-corrected chi connectivity index (χ1v) is 10.4. The molecule has 0 saturated carbocycles. The number of ketones is 1. The molecule has 160 valence electrons. The van der Waals surface area contributed by atoms with Crippen LogP contribution in [-0.2, 0) is 9.59 Å². The van der Waals surface area contributed by atoms with E-state index >= 15 is 0 Å². The fourth-order valence-electron chi connectivity index (χ4n) is 3.79. The molecular formula is C23H16BrN3O5. The van der Waals surface area contributed by atoms with Gasteiger partial charge in [-0.05, 0) is 58.4 Å². The summed E-state index contributed by atoms with van der Waals surface area (Å²) in [5, 5.41) is 11.1. The molecule has 1 amide bonds. The van der Waals surface area contributed by atoms with Gasteiger partial charge in [-0.2, -0.15) is 0 Å². The monoisotopic (exact) mass is 493 g/mol. The summed E-state index contributed by atoms with van der Waals surface area (Å²) in [6.07, 6.45) is 1.44. The zero-order valence-electron chi connectivity index (χ0n) is 16.7. The summed E-state index contributed by atoms with van der Waals surface area (Å²) < 4.78 is 11.4. The second-order valence-corrected chi connectivity index (χ2v) is 7.97. The first-order valence-electron chi connectivity index (χ1n) is 9.62. The Labute approximate surface area is 190 Å². The number of para-hydroxylation sites is 2. The van der Waals surface area contributed by atoms with E-state index in [0.717, 1.165) is 0 Å². The number of rotatable bonds is 4. The highest BCUT2D eigenvalue weighted by atomic mass is 79.9. The number of halogens is 1. The molecule has 2 aromatic carbocycles. The number of amides is 1. The smallest absolute Gasteiger partial charge is 0.302 e. The molecule has 2 N–H and O–H groups in total. The molecule has 4 aromatic rings. The van der Waals surface area contributed by atoms with Gasteiger partial charge in [-0.3, -0.25) is 14.5 Å². The third kappa shape index (κ3) is 3.09. The van der Waals surface area contributed by atoms with Crippen molar-refractivity contribution in [2.75, 3.05) is 12.0 Å². The molecule has 1 saturated heterocycles. The van der Waals surface area contributed by atoms with Crippen molar-refractivity contribution < 1.29 is 23.8 Å². The van der Waals surface area contributed by atoms with Crippen LogP contribution in [0.25, 0.3) is 16.8 Å². The van der Waals surface area contributed by atoms with Crippen molar-refractivity contribution >= 4 is 50.4 Å². The van der Waals surface area contributed by atoms with Gasteiger partial charge in [0.1, 0.15) is 23.3 Å². The number of ether oxygens (including phenoxy) is 1. The van der Waals surface area contributed by atoms with Gasteiger partial charge in [-0.25, -0.2) is 4.98 Å². The number of anilines is 1. The van der Waals surface area contributed by atoms with E-state index < -0.39 is 17.7 Å². The molecule has 1 atom stereocenters. The number of carbonyl (C=O) groups is 2. The van der Waals surface area contributed by atoms with Crippen molar-refractivity contribution in [2.45, 2.75) is 6.04 Å². The van der Waals surface area contributed by atoms with E-state index in [9.17, 15) is 14.7 Å². The van der Waals surface area contributed by atoms with Crippen LogP contribution in [0.5, 0.6) is 5.75 Å². The van der Waals surface area contributed by atoms with E-state index in [1.807, 2.05) is 18.2 Å². The summed E-state index contributed by atoms with van der Waals surface area (Å²) in [5.74, 6) is -0.919. The first-order chi connectivity index (χ1) is 15.5. The fraction of sp³-hybridized carbons (Fsp3) is 0.0870. The number of aliphatic hydroxyl groups is 1. The van der Waals surface area contributed by atoms with E-state index in [4.69, 9.17) is 9.15 Å². The number of Topliss-reactive ketones (excluding diaryl/α,β-unsaturated/α-hetero) is 1. The zero-order valence-corrected chi connectivity index (χ0v) is 18.3. The van der Waals surface area contributed by atoms with Crippen molar-refractivity contribution in [3.63, 3.8) is 0 Å². The predicted octanol–water partition coefficient (Wildman–Crippen LogP) is 4.55. The quantitative estimate of drug-likeness (QED) is 0.245. The second-order valence-electron chi connectivity index (χ2n) is 7.11. The number of hydrogen-bond donors (Lipinski definition) is 2. The first kappa shape index (κ1) is 20.1. The van der Waals surface area contributed by atoms with Gasteiger partial charge in [0.05, 0.1) is 34.5 Å². The number of carbonyl (C=O) groups excluding carboxylic acids is 2. The van der Waals surface area contributed by atoms with Crippen LogP contribution in [0.15, 0.2) is 75.3 Å². The van der Waals surface area contributed by atoms with Gasteiger partial charge in [-0.15, -0.1) is 0 Å². The van der Waals surface area contributed by atoms with Gasteiger partial charge in [0, 0.05) is 5.56 Å². The lowest BCUT2D eigenvalue weighted by Gasteiger charge is -2.20. The van der Waals surface area contributed by atoms with E-state index in [2.05, 4.69) is 25.9 Å². The highest BCUT2D eigenvalue weighted by molar-refractivity contribution is 9.10. The van der Waals surface area contributed by atoms with Crippen LogP contribution >= 0.6 is 15.9 Å². The van der Waals surface area contributed by atoms with Crippen LogP contribution in [0.2, 0.25) is 0 Å². The topological polar surface area (TPSA) is 109 Å². The maximum Gasteiger partial charge on any atom is 0.302 e. The number of H-pyrrole nitrogens is 1. The minimum atomic E-state index is -0.994. The normalized spacial score (nSPS) is 17.9. The lowest BCUT2D eigenvalue weighted by Crippen LogP contribution is -2.30. The predicted molar refractivity (Wildman–Crippen MR) is 120 cm³/mol. The van der Waals surface area contributed by atoms with Gasteiger partial charge in [-0.1, -0.05) is 12.1 Å². The van der Waals surface area contributed by atoms with Gasteiger partial charge in [0.2, 0.25) is 5.95 Å². The van der Waals surface area contributed by atoms with Crippen molar-refractivity contribution in [3.8, 4) is 5.75 Å². The standard InChI is InChI=1S/C23H16BrN3O5/c1-31-16-9-8-12(11-13(16)24)20(28)18-19(17-7-4-10-32-17)27(22(30)21(18)29)23-25-14-5-2-3-6-15(14)26-23/h2-11,19,28H,1H3,(H,25,26)/b20-18+. The van der Waals surface area contributed by atoms with Crippen molar-refractivity contribution in [2.24, 2.45) is 0 Å². The molecule has 8 nitrogen and oxygen atoms in total. The molecule has 0 aliphatic carbocycles. The Hall–Kier alpha value is -3.85. The van der Waals surface area contributed by atoms with Crippen LogP contribution in [-0.4, -0.2) is 33.9 Å². The highest BCUT2D eigenvalue weighted by Crippen LogP contribution is 2.42. The molecule has 3 heterocycles. The summed E-state index contributed by atoms with van der Waals surface area (Å²) in [4.78, 5) is 35.0. The van der Waals surface area contributed by atoms with E-state index in [0.29, 0.717) is 32.6 Å². The Kier molecular flexibility index (Phi) is 4.82. The van der Waals surface area contributed by atoms with Crippen molar-refractivity contribution in [1.29, 1.82) is 0 Å². The molecule has 1 aliphatic heterocycles. The summed E-state index contributed by atoms with van der Waals surface area (Å²) in [6.45, 7) is 0. The minimum Gasteiger partial charge on any atom is -0.507 e. The van der Waals surface area contributed by atoms with Crippen LogP contribution in [0, 0.1) is 0 Å². The molecular weight excluding hydrogens is 478 g/mol. The molecule has 5 rings (SSSR count). The molecule has 32 heavy (non-hydrogen) atoms. The third-order valence-corrected chi connectivity index (χ3v) is 5.91. The molecule has 9 heteroatoms.